The predicted octanol–water partition coefficient (Wildman–Crippen LogP) is 4.38. The van der Waals surface area contributed by atoms with Crippen LogP contribution in [0.5, 0.6) is 0 Å². The van der Waals surface area contributed by atoms with E-state index < -0.39 is 0 Å². The molecule has 3 rings (SSSR count). The number of hydrogen-bond acceptors (Lipinski definition) is 1. The van der Waals surface area contributed by atoms with E-state index in [0.717, 1.165) is 29.0 Å². The molecule has 2 N–H and O–H groups in total. The van der Waals surface area contributed by atoms with Crippen molar-refractivity contribution in [3.63, 3.8) is 0 Å². The molecular formula is C17H18ClN. The first kappa shape index (κ1) is 12.7. The molecule has 0 amide bonds. The van der Waals surface area contributed by atoms with Gasteiger partial charge >= 0.3 is 0 Å². The van der Waals surface area contributed by atoms with Crippen molar-refractivity contribution >= 4 is 11.6 Å². The van der Waals surface area contributed by atoms with Crippen molar-refractivity contribution in [2.45, 2.75) is 31.7 Å². The molecule has 2 aromatic carbocycles. The zero-order valence-electron chi connectivity index (χ0n) is 11.1. The molecule has 0 aromatic heterocycles. The summed E-state index contributed by atoms with van der Waals surface area (Å²) in [5, 5.41) is 0.805. The summed E-state index contributed by atoms with van der Waals surface area (Å²) in [7, 11) is 0. The van der Waals surface area contributed by atoms with Gasteiger partial charge in [0.15, 0.2) is 0 Å². The van der Waals surface area contributed by atoms with Gasteiger partial charge in [-0.15, -0.1) is 0 Å². The summed E-state index contributed by atoms with van der Waals surface area (Å²) in [6.45, 7) is 2.02. The lowest BCUT2D eigenvalue weighted by Gasteiger charge is -2.21. The Morgan fingerprint density at radius 3 is 2.79 bits per heavy atom. The molecule has 1 nitrogen and oxygen atoms in total. The molecule has 0 saturated carbocycles. The van der Waals surface area contributed by atoms with Crippen LogP contribution >= 0.6 is 11.6 Å². The Labute approximate surface area is 119 Å². The van der Waals surface area contributed by atoms with E-state index in [2.05, 4.69) is 36.4 Å². The van der Waals surface area contributed by atoms with E-state index in [1.54, 1.807) is 0 Å². The van der Waals surface area contributed by atoms with E-state index in [0.29, 0.717) is 5.92 Å². The number of fused-ring (bicyclic) bond motifs is 1. The highest BCUT2D eigenvalue weighted by Gasteiger charge is 2.28. The molecule has 0 spiro atoms. The maximum absolute atomic E-state index is 6.48. The fourth-order valence-electron chi connectivity index (χ4n) is 3.01. The molecule has 19 heavy (non-hydrogen) atoms. The molecule has 0 heterocycles. The average Bonchev–Trinajstić information content (AvgIpc) is 2.85. The van der Waals surface area contributed by atoms with Crippen LogP contribution in [0.1, 0.15) is 40.6 Å². The zero-order valence-corrected chi connectivity index (χ0v) is 11.8. The summed E-state index contributed by atoms with van der Waals surface area (Å²) in [4.78, 5) is 0. The van der Waals surface area contributed by atoms with Crippen molar-refractivity contribution in [3.8, 4) is 0 Å². The number of benzene rings is 2. The minimum Gasteiger partial charge on any atom is -0.323 e. The second-order valence-electron chi connectivity index (χ2n) is 5.38. The molecule has 0 saturated heterocycles. The smallest absolute Gasteiger partial charge is 0.0438 e. The maximum Gasteiger partial charge on any atom is 0.0438 e. The van der Waals surface area contributed by atoms with Gasteiger partial charge in [0.1, 0.15) is 0 Å². The summed E-state index contributed by atoms with van der Waals surface area (Å²) in [6.07, 6.45) is 2.26. The number of rotatable bonds is 2. The van der Waals surface area contributed by atoms with Crippen molar-refractivity contribution in [1.82, 2.24) is 0 Å². The number of halogens is 1. The van der Waals surface area contributed by atoms with Gasteiger partial charge in [0.05, 0.1) is 0 Å². The van der Waals surface area contributed by atoms with Crippen LogP contribution in [0.4, 0.5) is 0 Å². The molecule has 0 radical (unpaired) electrons. The number of nitrogens with two attached hydrogens (primary N) is 1. The molecule has 1 aliphatic carbocycles. The van der Waals surface area contributed by atoms with Crippen molar-refractivity contribution < 1.29 is 0 Å². The number of hydrogen-bond donors (Lipinski definition) is 1. The van der Waals surface area contributed by atoms with Gasteiger partial charge < -0.3 is 5.73 Å². The molecule has 0 fully saturated rings. The lowest BCUT2D eigenvalue weighted by molar-refractivity contribution is 0.551. The van der Waals surface area contributed by atoms with Gasteiger partial charge in [-0.3, -0.25) is 0 Å². The lowest BCUT2D eigenvalue weighted by Crippen LogP contribution is -2.18. The Morgan fingerprint density at radius 2 is 2.00 bits per heavy atom. The maximum atomic E-state index is 6.48. The highest BCUT2D eigenvalue weighted by molar-refractivity contribution is 6.31. The highest BCUT2D eigenvalue weighted by Crippen LogP contribution is 2.40. The normalized spacial score (nSPS) is 19.2. The van der Waals surface area contributed by atoms with Crippen LogP contribution in [0.15, 0.2) is 42.5 Å². The van der Waals surface area contributed by atoms with Crippen LogP contribution in [0.2, 0.25) is 5.02 Å². The molecular weight excluding hydrogens is 254 g/mol. The molecule has 1 aliphatic rings. The van der Waals surface area contributed by atoms with Crippen LogP contribution in [-0.2, 0) is 6.42 Å². The fourth-order valence-corrected chi connectivity index (χ4v) is 3.20. The van der Waals surface area contributed by atoms with Gasteiger partial charge in [0, 0.05) is 17.0 Å². The quantitative estimate of drug-likeness (QED) is 0.862. The van der Waals surface area contributed by atoms with Gasteiger partial charge in [-0.2, -0.15) is 0 Å². The van der Waals surface area contributed by atoms with E-state index >= 15 is 0 Å². The van der Waals surface area contributed by atoms with Crippen molar-refractivity contribution in [3.05, 3.63) is 69.7 Å². The van der Waals surface area contributed by atoms with E-state index in [-0.39, 0.29) is 6.04 Å². The first-order chi connectivity index (χ1) is 9.16. The van der Waals surface area contributed by atoms with Crippen LogP contribution < -0.4 is 5.73 Å². The summed E-state index contributed by atoms with van der Waals surface area (Å²) < 4.78 is 0. The third kappa shape index (κ3) is 2.29. The van der Waals surface area contributed by atoms with Crippen LogP contribution in [0.3, 0.4) is 0 Å². The van der Waals surface area contributed by atoms with E-state index in [4.69, 9.17) is 17.3 Å². The lowest BCUT2D eigenvalue weighted by atomic mass is 9.89. The topological polar surface area (TPSA) is 26.0 Å². The second kappa shape index (κ2) is 4.99. The Bertz CT molecular complexity index is 606. The summed E-state index contributed by atoms with van der Waals surface area (Å²) in [6, 6.07) is 14.8. The summed E-state index contributed by atoms with van der Waals surface area (Å²) >= 11 is 6.21. The van der Waals surface area contributed by atoms with Gasteiger partial charge in [-0.05, 0) is 48.1 Å². The van der Waals surface area contributed by atoms with Crippen LogP contribution in [0.25, 0.3) is 0 Å². The molecule has 2 heteroatoms. The third-order valence-electron chi connectivity index (χ3n) is 4.19. The average molecular weight is 272 g/mol. The minimum absolute atomic E-state index is 0.0294. The Hall–Kier alpha value is -1.31. The van der Waals surface area contributed by atoms with E-state index in [1.165, 1.54) is 11.1 Å². The Morgan fingerprint density at radius 1 is 1.21 bits per heavy atom. The van der Waals surface area contributed by atoms with Crippen molar-refractivity contribution in [1.29, 1.82) is 0 Å². The molecule has 2 atom stereocenters. The van der Waals surface area contributed by atoms with Crippen LogP contribution in [-0.4, -0.2) is 0 Å². The minimum atomic E-state index is 0.0294. The first-order valence-electron chi connectivity index (χ1n) is 6.76. The zero-order chi connectivity index (χ0) is 13.4. The second-order valence-corrected chi connectivity index (χ2v) is 5.79. The van der Waals surface area contributed by atoms with Crippen molar-refractivity contribution in [2.24, 2.45) is 5.73 Å². The SMILES string of the molecule is Cc1ccc(C(N)C2CCc3ccccc32)cc1Cl. The standard InChI is InChI=1S/C17H18ClN/c1-11-6-7-13(10-16(11)18)17(19)15-9-8-12-4-2-3-5-14(12)15/h2-7,10,15,17H,8-9,19H2,1H3. The third-order valence-corrected chi connectivity index (χ3v) is 4.60. The van der Waals surface area contributed by atoms with Crippen molar-refractivity contribution in [2.75, 3.05) is 0 Å². The monoisotopic (exact) mass is 271 g/mol. The molecule has 2 unspecified atom stereocenters. The van der Waals surface area contributed by atoms with Gasteiger partial charge in [-0.1, -0.05) is 48.0 Å². The molecule has 98 valence electrons. The predicted molar refractivity (Wildman–Crippen MR) is 80.6 cm³/mol. The summed E-state index contributed by atoms with van der Waals surface area (Å²) in [5.41, 5.74) is 11.6. The summed E-state index contributed by atoms with van der Waals surface area (Å²) in [5.74, 6) is 0.412. The first-order valence-corrected chi connectivity index (χ1v) is 7.14. The molecule has 0 aliphatic heterocycles. The van der Waals surface area contributed by atoms with E-state index in [1.807, 2.05) is 13.0 Å². The van der Waals surface area contributed by atoms with Gasteiger partial charge in [0.2, 0.25) is 0 Å². The molecule has 2 aromatic rings. The highest BCUT2D eigenvalue weighted by atomic mass is 35.5. The van der Waals surface area contributed by atoms with Crippen LogP contribution in [0, 0.1) is 6.92 Å². The van der Waals surface area contributed by atoms with E-state index in [9.17, 15) is 0 Å². The molecule has 0 bridgehead atoms. The number of aryl methyl sites for hydroxylation is 2. The largest absolute Gasteiger partial charge is 0.323 e. The Kier molecular flexibility index (Phi) is 3.34. The van der Waals surface area contributed by atoms with Gasteiger partial charge in [-0.25, -0.2) is 0 Å². The Balaban J connectivity index is 1.93. The van der Waals surface area contributed by atoms with Gasteiger partial charge in [0.25, 0.3) is 0 Å². The fraction of sp³-hybridized carbons (Fsp3) is 0.294.